The van der Waals surface area contributed by atoms with Gasteiger partial charge in [-0.3, -0.25) is 4.79 Å². The van der Waals surface area contributed by atoms with Crippen LogP contribution in [-0.2, 0) is 4.79 Å². The molecule has 0 heterocycles. The van der Waals surface area contributed by atoms with E-state index in [9.17, 15) is 4.79 Å². The van der Waals surface area contributed by atoms with Crippen molar-refractivity contribution in [3.63, 3.8) is 0 Å². The van der Waals surface area contributed by atoms with Gasteiger partial charge in [-0.2, -0.15) is 0 Å². The van der Waals surface area contributed by atoms with E-state index in [1.54, 1.807) is 6.92 Å². The van der Waals surface area contributed by atoms with Crippen molar-refractivity contribution in [2.45, 2.75) is 20.0 Å². The fraction of sp³-hybridized carbons (Fsp3) is 0.188. The van der Waals surface area contributed by atoms with E-state index in [2.05, 4.69) is 5.32 Å². The smallest absolute Gasteiger partial charge is 0.265 e. The molecule has 0 spiro atoms. The third-order valence-corrected chi connectivity index (χ3v) is 2.81. The molecule has 19 heavy (non-hydrogen) atoms. The molecule has 3 nitrogen and oxygen atoms in total. The van der Waals surface area contributed by atoms with Crippen LogP contribution in [0.3, 0.4) is 0 Å². The maximum absolute atomic E-state index is 12.0. The first-order valence-corrected chi connectivity index (χ1v) is 6.25. The number of nitrogens with one attached hydrogen (secondary N) is 1. The highest BCUT2D eigenvalue weighted by Crippen LogP contribution is 2.18. The lowest BCUT2D eigenvalue weighted by atomic mass is 10.2. The van der Waals surface area contributed by atoms with Crippen molar-refractivity contribution >= 4 is 11.6 Å². The van der Waals surface area contributed by atoms with E-state index in [1.165, 1.54) is 0 Å². The molecule has 1 N–H and O–H groups in total. The zero-order valence-corrected chi connectivity index (χ0v) is 11.1. The normalized spacial score (nSPS) is 11.7. The number of carbonyl (C=O) groups is 1. The topological polar surface area (TPSA) is 38.3 Å². The van der Waals surface area contributed by atoms with E-state index in [0.29, 0.717) is 0 Å². The monoisotopic (exact) mass is 255 g/mol. The van der Waals surface area contributed by atoms with Crippen LogP contribution < -0.4 is 10.1 Å². The minimum absolute atomic E-state index is 0.158. The highest BCUT2D eigenvalue weighted by molar-refractivity contribution is 5.94. The lowest BCUT2D eigenvalue weighted by Crippen LogP contribution is -2.30. The van der Waals surface area contributed by atoms with Gasteiger partial charge >= 0.3 is 0 Å². The van der Waals surface area contributed by atoms with Crippen molar-refractivity contribution < 1.29 is 9.53 Å². The Hall–Kier alpha value is -2.29. The quantitative estimate of drug-likeness (QED) is 0.909. The fourth-order valence-electron chi connectivity index (χ4n) is 1.70. The first kappa shape index (κ1) is 13.1. The Bertz CT molecular complexity index is 552. The highest BCUT2D eigenvalue weighted by atomic mass is 16.5. The Kier molecular flexibility index (Phi) is 4.18. The lowest BCUT2D eigenvalue weighted by Gasteiger charge is -2.16. The van der Waals surface area contributed by atoms with Crippen LogP contribution in [0.15, 0.2) is 54.6 Å². The van der Waals surface area contributed by atoms with Gasteiger partial charge in [-0.05, 0) is 37.6 Å². The number of carbonyl (C=O) groups excluding carboxylic acids is 1. The molecule has 0 saturated carbocycles. The molecule has 0 aromatic heterocycles. The summed E-state index contributed by atoms with van der Waals surface area (Å²) in [5.41, 5.74) is 1.79. The molecular formula is C16H17NO2. The SMILES string of the molecule is Cc1ccccc1OC(C)C(=O)Nc1ccccc1. The second-order valence-corrected chi connectivity index (χ2v) is 4.38. The van der Waals surface area contributed by atoms with Crippen LogP contribution in [0.5, 0.6) is 5.75 Å². The summed E-state index contributed by atoms with van der Waals surface area (Å²) in [6.07, 6.45) is -0.540. The Balaban J connectivity index is 1.98. The van der Waals surface area contributed by atoms with E-state index < -0.39 is 6.10 Å². The molecule has 2 aromatic carbocycles. The van der Waals surface area contributed by atoms with E-state index in [-0.39, 0.29) is 5.91 Å². The third-order valence-electron chi connectivity index (χ3n) is 2.81. The predicted octanol–water partition coefficient (Wildman–Crippen LogP) is 3.40. The standard InChI is InChI=1S/C16H17NO2/c1-12-8-6-7-11-15(12)19-13(2)16(18)17-14-9-4-3-5-10-14/h3-11,13H,1-2H3,(H,17,18). The van der Waals surface area contributed by atoms with Crippen molar-refractivity contribution in [2.24, 2.45) is 0 Å². The molecule has 1 amide bonds. The highest BCUT2D eigenvalue weighted by Gasteiger charge is 2.15. The van der Waals surface area contributed by atoms with Gasteiger partial charge in [0.15, 0.2) is 6.10 Å². The summed E-state index contributed by atoms with van der Waals surface area (Å²) in [4.78, 5) is 12.0. The van der Waals surface area contributed by atoms with Crippen LogP contribution in [0.2, 0.25) is 0 Å². The van der Waals surface area contributed by atoms with Crippen LogP contribution in [0.25, 0.3) is 0 Å². The number of rotatable bonds is 4. The maximum atomic E-state index is 12.0. The van der Waals surface area contributed by atoms with Crippen LogP contribution in [0.1, 0.15) is 12.5 Å². The average Bonchev–Trinajstić information content (AvgIpc) is 2.42. The molecule has 0 aliphatic carbocycles. The van der Waals surface area contributed by atoms with Gasteiger partial charge in [0.25, 0.3) is 5.91 Å². The zero-order valence-electron chi connectivity index (χ0n) is 11.1. The number of aryl methyl sites for hydroxylation is 1. The molecule has 0 fully saturated rings. The summed E-state index contributed by atoms with van der Waals surface area (Å²) >= 11 is 0. The van der Waals surface area contributed by atoms with E-state index >= 15 is 0 Å². The molecule has 2 aromatic rings. The van der Waals surface area contributed by atoms with Gasteiger partial charge in [-0.25, -0.2) is 0 Å². The average molecular weight is 255 g/mol. The van der Waals surface area contributed by atoms with Crippen molar-refractivity contribution in [2.75, 3.05) is 5.32 Å². The number of amides is 1. The lowest BCUT2D eigenvalue weighted by molar-refractivity contribution is -0.122. The van der Waals surface area contributed by atoms with E-state index in [4.69, 9.17) is 4.74 Å². The molecule has 3 heteroatoms. The Morgan fingerprint density at radius 2 is 1.68 bits per heavy atom. The van der Waals surface area contributed by atoms with Crippen molar-refractivity contribution in [3.8, 4) is 5.75 Å². The fourth-order valence-corrected chi connectivity index (χ4v) is 1.70. The Morgan fingerprint density at radius 1 is 1.05 bits per heavy atom. The van der Waals surface area contributed by atoms with Gasteiger partial charge < -0.3 is 10.1 Å². The van der Waals surface area contributed by atoms with Crippen molar-refractivity contribution in [3.05, 3.63) is 60.2 Å². The Labute approximate surface area is 113 Å². The predicted molar refractivity (Wildman–Crippen MR) is 76.3 cm³/mol. The summed E-state index contributed by atoms with van der Waals surface area (Å²) in [5, 5.41) is 2.82. The summed E-state index contributed by atoms with van der Waals surface area (Å²) in [7, 11) is 0. The van der Waals surface area contributed by atoms with Gasteiger partial charge in [-0.15, -0.1) is 0 Å². The van der Waals surface area contributed by atoms with Gasteiger partial charge in [0, 0.05) is 5.69 Å². The minimum Gasteiger partial charge on any atom is -0.481 e. The Morgan fingerprint density at radius 3 is 2.37 bits per heavy atom. The first-order valence-electron chi connectivity index (χ1n) is 6.25. The summed E-state index contributed by atoms with van der Waals surface area (Å²) in [5.74, 6) is 0.577. The maximum Gasteiger partial charge on any atom is 0.265 e. The third kappa shape index (κ3) is 3.58. The molecule has 98 valence electrons. The molecule has 0 aliphatic heterocycles. The van der Waals surface area contributed by atoms with Crippen LogP contribution in [0, 0.1) is 6.92 Å². The zero-order chi connectivity index (χ0) is 13.7. The van der Waals surface area contributed by atoms with Crippen LogP contribution in [0.4, 0.5) is 5.69 Å². The summed E-state index contributed by atoms with van der Waals surface area (Å²) in [6.45, 7) is 3.70. The molecule has 2 rings (SSSR count). The largest absolute Gasteiger partial charge is 0.481 e. The van der Waals surface area contributed by atoms with Gasteiger partial charge in [-0.1, -0.05) is 36.4 Å². The minimum atomic E-state index is -0.540. The molecule has 0 saturated heterocycles. The number of ether oxygens (including phenoxy) is 1. The van der Waals surface area contributed by atoms with Crippen molar-refractivity contribution in [1.29, 1.82) is 0 Å². The van der Waals surface area contributed by atoms with Crippen LogP contribution in [-0.4, -0.2) is 12.0 Å². The molecule has 0 aliphatic rings. The van der Waals surface area contributed by atoms with E-state index in [0.717, 1.165) is 17.0 Å². The van der Waals surface area contributed by atoms with Gasteiger partial charge in [0.1, 0.15) is 5.75 Å². The first-order chi connectivity index (χ1) is 9.16. The number of hydrogen-bond donors (Lipinski definition) is 1. The number of hydrogen-bond acceptors (Lipinski definition) is 2. The number of anilines is 1. The molecule has 0 bridgehead atoms. The summed E-state index contributed by atoms with van der Waals surface area (Å²) < 4.78 is 5.67. The number of benzene rings is 2. The summed E-state index contributed by atoms with van der Waals surface area (Å²) in [6, 6.07) is 17.0. The second-order valence-electron chi connectivity index (χ2n) is 4.38. The second kappa shape index (κ2) is 6.05. The van der Waals surface area contributed by atoms with Gasteiger partial charge in [0.05, 0.1) is 0 Å². The molecule has 1 atom stereocenters. The molecule has 0 radical (unpaired) electrons. The number of para-hydroxylation sites is 2. The van der Waals surface area contributed by atoms with Crippen molar-refractivity contribution in [1.82, 2.24) is 0 Å². The van der Waals surface area contributed by atoms with Crippen LogP contribution >= 0.6 is 0 Å². The molecule has 1 unspecified atom stereocenters. The van der Waals surface area contributed by atoms with Gasteiger partial charge in [0.2, 0.25) is 0 Å². The van der Waals surface area contributed by atoms with E-state index in [1.807, 2.05) is 61.5 Å². The molecular weight excluding hydrogens is 238 g/mol.